The van der Waals surface area contributed by atoms with Crippen LogP contribution in [0.2, 0.25) is 0 Å². The molecule has 1 heterocycles. The van der Waals surface area contributed by atoms with E-state index in [9.17, 15) is 0 Å². The summed E-state index contributed by atoms with van der Waals surface area (Å²) in [6.07, 6.45) is 1.32. The number of aryl methyl sites for hydroxylation is 2. The van der Waals surface area contributed by atoms with Gasteiger partial charge in [0.05, 0.1) is 0 Å². The van der Waals surface area contributed by atoms with Crippen LogP contribution >= 0.6 is 0 Å². The molecule has 3 rings (SSSR count). The number of hydrogen-bond acceptors (Lipinski definition) is 3. The molecule has 1 atom stereocenters. The monoisotopic (exact) mass is 310 g/mol. The Balaban J connectivity index is 2.16. The van der Waals surface area contributed by atoms with E-state index in [2.05, 4.69) is 15.4 Å². The van der Waals surface area contributed by atoms with Crippen molar-refractivity contribution in [3.63, 3.8) is 0 Å². The number of rotatable bonds is 4. The first-order valence-corrected chi connectivity index (χ1v) is 7.57. The van der Waals surface area contributed by atoms with Crippen LogP contribution in [0.5, 0.6) is 0 Å². The Morgan fingerprint density at radius 3 is 1.78 bits per heavy atom. The second kappa shape index (κ2) is 5.91. The second-order valence-electron chi connectivity index (χ2n) is 5.88. The van der Waals surface area contributed by atoms with Crippen LogP contribution in [0, 0.1) is 13.8 Å². The smallest absolute Gasteiger partial charge is 0.184 e. The molecule has 0 bridgehead atoms. The minimum atomic E-state index is -1.75. The van der Waals surface area contributed by atoms with E-state index < -0.39 is 11.7 Å². The predicted molar refractivity (Wildman–Crippen MR) is 86.8 cm³/mol. The normalized spacial score (nSPS) is 13.0. The van der Waals surface area contributed by atoms with E-state index in [4.69, 9.17) is 0 Å². The lowest BCUT2D eigenvalue weighted by Gasteiger charge is -2.31. The number of benzene rings is 2. The summed E-state index contributed by atoms with van der Waals surface area (Å²) >= 11 is 0. The van der Waals surface area contributed by atoms with Crippen LogP contribution in [0.4, 0.5) is 4.39 Å². The fraction of sp³-hybridized carbons (Fsp3) is 0.278. The molecule has 3 aromatic rings. The van der Waals surface area contributed by atoms with Crippen LogP contribution in [0.3, 0.4) is 0 Å². The van der Waals surface area contributed by atoms with Gasteiger partial charge in [-0.25, -0.2) is 4.39 Å². The van der Waals surface area contributed by atoms with Crippen molar-refractivity contribution in [2.24, 2.45) is 0 Å². The van der Waals surface area contributed by atoms with Crippen molar-refractivity contribution in [2.75, 3.05) is 0 Å². The number of nitrogens with zero attached hydrogens (tertiary/aromatic N) is 4. The Morgan fingerprint density at radius 2 is 1.39 bits per heavy atom. The molecule has 1 unspecified atom stereocenters. The summed E-state index contributed by atoms with van der Waals surface area (Å²) in [5.41, 5.74) is 1.59. The summed E-state index contributed by atoms with van der Waals surface area (Å²) in [4.78, 5) is 1.32. The highest BCUT2D eigenvalue weighted by Crippen LogP contribution is 2.42. The molecule has 5 heteroatoms. The van der Waals surface area contributed by atoms with Gasteiger partial charge in [-0.1, -0.05) is 59.7 Å². The molecule has 0 saturated carbocycles. The van der Waals surface area contributed by atoms with Crippen molar-refractivity contribution in [1.29, 1.82) is 0 Å². The topological polar surface area (TPSA) is 43.6 Å². The third kappa shape index (κ3) is 2.74. The van der Waals surface area contributed by atoms with E-state index in [0.29, 0.717) is 11.1 Å². The number of tetrazole rings is 1. The summed E-state index contributed by atoms with van der Waals surface area (Å²) in [6.45, 7) is 5.73. The van der Waals surface area contributed by atoms with Gasteiger partial charge in [0.25, 0.3) is 0 Å². The van der Waals surface area contributed by atoms with Gasteiger partial charge in [-0.3, -0.25) is 0 Å². The second-order valence-corrected chi connectivity index (χ2v) is 5.88. The molecule has 118 valence electrons. The third-order valence-electron chi connectivity index (χ3n) is 4.23. The zero-order valence-electron chi connectivity index (χ0n) is 13.4. The maximum Gasteiger partial charge on any atom is 0.184 e. The zero-order chi connectivity index (χ0) is 16.4. The van der Waals surface area contributed by atoms with E-state index in [1.165, 1.54) is 11.1 Å². The molecule has 0 radical (unpaired) electrons. The fourth-order valence-electron chi connectivity index (χ4n) is 2.75. The van der Waals surface area contributed by atoms with E-state index >= 15 is 4.39 Å². The lowest BCUT2D eigenvalue weighted by atomic mass is 9.82. The molecule has 0 amide bonds. The molecule has 0 aliphatic heterocycles. The minimum absolute atomic E-state index is 0.580. The van der Waals surface area contributed by atoms with Gasteiger partial charge in [0.1, 0.15) is 6.04 Å². The Hall–Kier alpha value is -2.56. The number of aromatic nitrogens is 4. The van der Waals surface area contributed by atoms with Gasteiger partial charge in [0.2, 0.25) is 0 Å². The minimum Gasteiger partial charge on any atom is -0.231 e. The third-order valence-corrected chi connectivity index (χ3v) is 4.23. The van der Waals surface area contributed by atoms with Gasteiger partial charge in [-0.2, -0.15) is 4.80 Å². The van der Waals surface area contributed by atoms with Crippen LogP contribution in [0.1, 0.15) is 35.2 Å². The maximum atomic E-state index is 16.3. The van der Waals surface area contributed by atoms with Gasteiger partial charge in [-0.05, 0) is 37.1 Å². The summed E-state index contributed by atoms with van der Waals surface area (Å²) in [6, 6.07) is 14.3. The number of alkyl halides is 1. The summed E-state index contributed by atoms with van der Waals surface area (Å²) in [5, 5.41) is 11.6. The Labute approximate surface area is 135 Å². The highest BCUT2D eigenvalue weighted by atomic mass is 19.1. The first-order valence-electron chi connectivity index (χ1n) is 7.57. The number of halogens is 1. The largest absolute Gasteiger partial charge is 0.231 e. The van der Waals surface area contributed by atoms with Crippen LogP contribution in [0.15, 0.2) is 54.9 Å². The summed E-state index contributed by atoms with van der Waals surface area (Å²) < 4.78 is 16.3. The first kappa shape index (κ1) is 15.3. The maximum absolute atomic E-state index is 16.3. The Kier molecular flexibility index (Phi) is 3.94. The van der Waals surface area contributed by atoms with Crippen molar-refractivity contribution < 1.29 is 4.39 Å². The molecule has 0 saturated heterocycles. The standard InChI is InChI=1S/C18H19FN4/c1-13-4-8-16(9-5-13)18(19,15(3)23-21-12-20-22-23)17-10-6-14(2)7-11-17/h4-12,15H,1-3H3. The first-order chi connectivity index (χ1) is 11.0. The van der Waals surface area contributed by atoms with Gasteiger partial charge in [-0.15, -0.1) is 10.2 Å². The Bertz CT molecular complexity index is 718. The van der Waals surface area contributed by atoms with Crippen LogP contribution < -0.4 is 0 Å². The quantitative estimate of drug-likeness (QED) is 0.737. The van der Waals surface area contributed by atoms with Gasteiger partial charge >= 0.3 is 0 Å². The van der Waals surface area contributed by atoms with Gasteiger partial charge in [0, 0.05) is 0 Å². The molecular weight excluding hydrogens is 291 g/mol. The van der Waals surface area contributed by atoms with Crippen molar-refractivity contribution in [3.8, 4) is 0 Å². The SMILES string of the molecule is Cc1ccc(C(F)(c2ccc(C)cc2)C(C)n2ncnn2)cc1. The highest BCUT2D eigenvalue weighted by Gasteiger charge is 2.42. The lowest BCUT2D eigenvalue weighted by molar-refractivity contribution is 0.122. The average molecular weight is 310 g/mol. The summed E-state index contributed by atoms with van der Waals surface area (Å²) in [5.74, 6) is 0. The van der Waals surface area contributed by atoms with Gasteiger partial charge in [0.15, 0.2) is 12.0 Å². The molecule has 0 N–H and O–H groups in total. The molecule has 23 heavy (non-hydrogen) atoms. The molecule has 2 aromatic carbocycles. The lowest BCUT2D eigenvalue weighted by Crippen LogP contribution is -2.33. The molecule has 0 aliphatic carbocycles. The molecule has 1 aromatic heterocycles. The highest BCUT2D eigenvalue weighted by molar-refractivity contribution is 5.39. The van der Waals surface area contributed by atoms with E-state index in [-0.39, 0.29) is 0 Å². The molecular formula is C18H19FN4. The summed E-state index contributed by atoms with van der Waals surface area (Å²) in [7, 11) is 0. The van der Waals surface area contributed by atoms with E-state index in [0.717, 1.165) is 11.1 Å². The molecule has 0 aliphatic rings. The van der Waals surface area contributed by atoms with Crippen molar-refractivity contribution in [2.45, 2.75) is 32.5 Å². The molecule has 0 spiro atoms. The van der Waals surface area contributed by atoms with E-state index in [1.54, 1.807) is 6.92 Å². The van der Waals surface area contributed by atoms with Crippen LogP contribution in [0.25, 0.3) is 0 Å². The molecule has 0 fully saturated rings. The zero-order valence-corrected chi connectivity index (χ0v) is 13.4. The Morgan fingerprint density at radius 1 is 0.913 bits per heavy atom. The fourth-order valence-corrected chi connectivity index (χ4v) is 2.75. The van der Waals surface area contributed by atoms with Gasteiger partial charge < -0.3 is 0 Å². The predicted octanol–water partition coefficient (Wildman–Crippen LogP) is 3.76. The van der Waals surface area contributed by atoms with Crippen molar-refractivity contribution in [3.05, 3.63) is 77.1 Å². The average Bonchev–Trinajstić information content (AvgIpc) is 3.09. The van der Waals surface area contributed by atoms with Crippen molar-refractivity contribution >= 4 is 0 Å². The van der Waals surface area contributed by atoms with Crippen molar-refractivity contribution in [1.82, 2.24) is 20.2 Å². The van der Waals surface area contributed by atoms with Crippen LogP contribution in [-0.4, -0.2) is 20.2 Å². The number of hydrogen-bond donors (Lipinski definition) is 0. The van der Waals surface area contributed by atoms with Crippen LogP contribution in [-0.2, 0) is 5.67 Å². The molecule has 4 nitrogen and oxygen atoms in total. The van der Waals surface area contributed by atoms with E-state index in [1.807, 2.05) is 62.4 Å².